The summed E-state index contributed by atoms with van der Waals surface area (Å²) in [5.41, 5.74) is 33.0. The van der Waals surface area contributed by atoms with Crippen molar-refractivity contribution in [2.75, 3.05) is 13.2 Å². The summed E-state index contributed by atoms with van der Waals surface area (Å²) in [6.45, 7) is 22.1. The van der Waals surface area contributed by atoms with E-state index >= 15 is 0 Å². The molecule has 6 aliphatic heterocycles. The maximum atomic E-state index is 14.3. The number of primary amides is 5. The first kappa shape index (κ1) is 66.5. The number of rotatable bonds is 24. The number of nitrogens with two attached hydrogens (primary N) is 5. The van der Waals surface area contributed by atoms with Gasteiger partial charge in [-0.15, -0.1) is 0 Å². The fourth-order valence-corrected chi connectivity index (χ4v) is 16.2. The standard InChI is InChI=1S/C61H89N12O13P/c1-29-21-39-40(22-30(29)2)73(28-68-39)56-51(81)52(41(27-74)84-56)86-87(82,83)85-31(3)26-67-48(80)18-19-58(9)37(23-46(65)78)55-61(12)60(11,20-17-45(64)77)34(6)49(72-61)32(4)54-59(10,25-47(66)79)35(13-15-43(62)75)38(69-54)24-42-57(7,8)36(14-16-44(63)76)50(70-42)33(5)53(58)71-55/h21-22,24,28,31,34-37,41,51-52,55-56,69,74,81H,13-20,23,25-27H2,1-12H3,(H2,62,75)(H2,63,76)(H2,64,77)(H2,65,78)(H2,66,79)(H,67,80)(H,82,83). The molecule has 15 unspecified atom stereocenters. The number of carbonyl (C=O) groups excluding carboxylic acids is 6. The summed E-state index contributed by atoms with van der Waals surface area (Å²) >= 11 is 0. The summed E-state index contributed by atoms with van der Waals surface area (Å²) in [5, 5.41) is 28.3. The smallest absolute Gasteiger partial charge is 0.394 e. The third-order valence-electron chi connectivity index (χ3n) is 20.5. The predicted octanol–water partition coefficient (Wildman–Crippen LogP) is 4.31. The van der Waals surface area contributed by atoms with Gasteiger partial charge in [-0.05, 0) is 108 Å². The number of amides is 6. The number of phosphoric acid groups is 1. The highest BCUT2D eigenvalue weighted by atomic mass is 31.2. The van der Waals surface area contributed by atoms with Gasteiger partial charge in [-0.3, -0.25) is 52.8 Å². The van der Waals surface area contributed by atoms with Gasteiger partial charge < -0.3 is 63.7 Å². The summed E-state index contributed by atoms with van der Waals surface area (Å²) in [6.07, 6.45) is -2.93. The molecule has 0 radical (unpaired) electrons. The lowest BCUT2D eigenvalue weighted by atomic mass is 9.56. The van der Waals surface area contributed by atoms with Gasteiger partial charge in [-0.1, -0.05) is 41.5 Å². The SMILES string of the molecule is CC1=C2N=C(C=C3NC(=C(C)C4=NC(C)(C5N=C1C(C)(CCC(=O)NCC(C)OP(=O)(O)OC1C(CO)OC(n6cnc7cc(C)c(C)cc76)C1O)C5CC(N)=O)C(C)(CCC(N)=O)C4C)C(C)(CC(N)=O)C3CCC(N)=O)C(C)(C)C2CCC(N)=O. The number of ether oxygens (including phenoxy) is 1. The molecule has 2 saturated heterocycles. The summed E-state index contributed by atoms with van der Waals surface area (Å²) in [4.78, 5) is 112. The number of benzene rings is 1. The Kier molecular flexibility index (Phi) is 18.7. The molecule has 1 aromatic heterocycles. The lowest BCUT2D eigenvalue weighted by Gasteiger charge is -2.48. The van der Waals surface area contributed by atoms with E-state index in [1.165, 1.54) is 13.3 Å². The van der Waals surface area contributed by atoms with Crippen LogP contribution in [-0.2, 0) is 47.1 Å². The van der Waals surface area contributed by atoms with Crippen molar-refractivity contribution < 1.29 is 62.2 Å². The Morgan fingerprint density at radius 2 is 1.48 bits per heavy atom. The molecule has 0 aliphatic carbocycles. The minimum Gasteiger partial charge on any atom is -0.394 e. The third kappa shape index (κ3) is 12.4. The molecular formula is C61H89N12O13P. The highest BCUT2D eigenvalue weighted by Crippen LogP contribution is 2.62. The summed E-state index contributed by atoms with van der Waals surface area (Å²) in [6, 6.07) is 2.90. The number of carbonyl (C=O) groups is 6. The lowest BCUT2D eigenvalue weighted by molar-refractivity contribution is -0.122. The number of aromatic nitrogens is 2. The van der Waals surface area contributed by atoms with Crippen LogP contribution in [0.1, 0.15) is 151 Å². The topological polar surface area (TPSA) is 417 Å². The van der Waals surface area contributed by atoms with Crippen molar-refractivity contribution in [3.8, 4) is 0 Å². The predicted molar refractivity (Wildman–Crippen MR) is 325 cm³/mol. The first-order valence-corrected chi connectivity index (χ1v) is 31.4. The summed E-state index contributed by atoms with van der Waals surface area (Å²) in [7, 11) is -5.03. The van der Waals surface area contributed by atoms with Crippen LogP contribution in [0.25, 0.3) is 11.0 Å². The number of aliphatic imine (C=N–C) groups is 3. The van der Waals surface area contributed by atoms with Crippen LogP contribution in [-0.4, -0.2) is 126 Å². The Morgan fingerprint density at radius 1 is 0.851 bits per heavy atom. The number of imidazole rings is 1. The quantitative estimate of drug-likeness (QED) is 0.0655. The zero-order chi connectivity index (χ0) is 64.4. The molecule has 26 heteroatoms. The van der Waals surface area contributed by atoms with Gasteiger partial charge in [-0.25, -0.2) is 9.55 Å². The van der Waals surface area contributed by atoms with Crippen molar-refractivity contribution in [3.63, 3.8) is 0 Å². The van der Waals surface area contributed by atoms with Crippen molar-refractivity contribution in [1.82, 2.24) is 20.2 Å². The van der Waals surface area contributed by atoms with Gasteiger partial charge in [0.05, 0.1) is 41.7 Å². The molecule has 8 bridgehead atoms. The van der Waals surface area contributed by atoms with Crippen LogP contribution < -0.4 is 39.3 Å². The van der Waals surface area contributed by atoms with Gasteiger partial charge in [0.15, 0.2) is 6.23 Å². The number of hydrogen-bond donors (Lipinski definition) is 10. The largest absolute Gasteiger partial charge is 0.472 e. The van der Waals surface area contributed by atoms with E-state index in [2.05, 4.69) is 15.6 Å². The average Bonchev–Trinajstić information content (AvgIpc) is 1.54. The number of phosphoric ester groups is 1. The van der Waals surface area contributed by atoms with Gasteiger partial charge >= 0.3 is 7.82 Å². The molecule has 1 aromatic carbocycles. The van der Waals surface area contributed by atoms with Crippen molar-refractivity contribution in [2.45, 2.75) is 190 Å². The highest BCUT2D eigenvalue weighted by Gasteiger charge is 2.65. The van der Waals surface area contributed by atoms with E-state index in [4.69, 9.17) is 57.4 Å². The van der Waals surface area contributed by atoms with Crippen LogP contribution in [0.4, 0.5) is 0 Å². The molecule has 6 amide bonds. The number of hydrogen-bond acceptors (Lipinski definition) is 17. The van der Waals surface area contributed by atoms with E-state index < -0.39 is 137 Å². The zero-order valence-electron chi connectivity index (χ0n) is 52.1. The Balaban J connectivity index is 1.16. The molecule has 7 heterocycles. The molecule has 0 saturated carbocycles. The van der Waals surface area contributed by atoms with Crippen molar-refractivity contribution in [3.05, 3.63) is 63.9 Å². The molecule has 8 rings (SSSR count). The maximum Gasteiger partial charge on any atom is 0.472 e. The average molecular weight is 1230 g/mol. The molecule has 15 atom stereocenters. The van der Waals surface area contributed by atoms with Crippen LogP contribution in [0, 0.1) is 59.2 Å². The van der Waals surface area contributed by atoms with Crippen LogP contribution >= 0.6 is 7.82 Å². The Labute approximate surface area is 507 Å². The maximum absolute atomic E-state index is 14.3. The molecular weight excluding hydrogens is 1140 g/mol. The number of aryl methyl sites for hydroxylation is 2. The van der Waals surface area contributed by atoms with Crippen molar-refractivity contribution in [2.24, 2.45) is 89.0 Å². The minimum atomic E-state index is -5.03. The zero-order valence-corrected chi connectivity index (χ0v) is 53.0. The Hall–Kier alpha value is -6.47. The van der Waals surface area contributed by atoms with Crippen molar-refractivity contribution >= 4 is 71.4 Å². The van der Waals surface area contributed by atoms with Crippen LogP contribution in [0.15, 0.2) is 67.8 Å². The molecule has 476 valence electrons. The van der Waals surface area contributed by atoms with Crippen LogP contribution in [0.5, 0.6) is 0 Å². The van der Waals surface area contributed by atoms with Crippen LogP contribution in [0.2, 0.25) is 0 Å². The monoisotopic (exact) mass is 1230 g/mol. The second kappa shape index (κ2) is 24.5. The normalized spacial score (nSPS) is 32.8. The van der Waals surface area contributed by atoms with Gasteiger partial charge in [0.2, 0.25) is 35.4 Å². The van der Waals surface area contributed by atoms with E-state index in [1.54, 1.807) is 4.57 Å². The van der Waals surface area contributed by atoms with Crippen molar-refractivity contribution in [1.29, 1.82) is 0 Å². The molecule has 15 N–H and O–H groups in total. The Bertz CT molecular complexity index is 3400. The van der Waals surface area contributed by atoms with Gasteiger partial charge in [0.1, 0.15) is 18.3 Å². The number of aliphatic hydroxyl groups excluding tert-OH is 2. The second-order valence-corrected chi connectivity index (χ2v) is 27.9. The van der Waals surface area contributed by atoms with E-state index in [0.717, 1.165) is 11.1 Å². The first-order chi connectivity index (χ1) is 40.4. The number of aliphatic hydroxyl groups is 2. The highest BCUT2D eigenvalue weighted by molar-refractivity contribution is 7.47. The number of nitrogens with one attached hydrogen (secondary N) is 2. The molecule has 25 nitrogen and oxygen atoms in total. The fourth-order valence-electron chi connectivity index (χ4n) is 15.1. The number of nitrogens with zero attached hydrogens (tertiary/aromatic N) is 5. The molecule has 87 heavy (non-hydrogen) atoms. The van der Waals surface area contributed by atoms with Gasteiger partial charge in [-0.2, -0.15) is 0 Å². The second-order valence-electron chi connectivity index (χ2n) is 26.6. The number of fused-ring (bicyclic) bond motifs is 7. The fraction of sp³-hybridized carbons (Fsp3) is 0.639. The van der Waals surface area contributed by atoms with Gasteiger partial charge in [0.25, 0.3) is 0 Å². The summed E-state index contributed by atoms with van der Waals surface area (Å²) < 4.78 is 32.3. The van der Waals surface area contributed by atoms with E-state index in [0.29, 0.717) is 56.4 Å². The molecule has 6 aliphatic rings. The molecule has 2 aromatic rings. The third-order valence-corrected chi connectivity index (χ3v) is 21.7. The van der Waals surface area contributed by atoms with E-state index in [9.17, 15) is 48.4 Å². The van der Waals surface area contributed by atoms with E-state index in [-0.39, 0.29) is 70.8 Å². The van der Waals surface area contributed by atoms with Gasteiger partial charge in [0, 0.05) is 125 Å². The van der Waals surface area contributed by atoms with E-state index in [1.807, 2.05) is 94.4 Å². The summed E-state index contributed by atoms with van der Waals surface area (Å²) in [5.74, 6) is -5.48. The molecule has 2 fully saturated rings. The lowest BCUT2D eigenvalue weighted by Crippen LogP contribution is -2.54. The first-order valence-electron chi connectivity index (χ1n) is 29.9. The van der Waals surface area contributed by atoms with Crippen LogP contribution in [0.3, 0.4) is 0 Å². The minimum absolute atomic E-state index is 0.000932. The number of allylic oxidation sites excluding steroid dienone is 6. The molecule has 0 spiro atoms. The Morgan fingerprint density at radius 3 is 2.09 bits per heavy atom.